The third-order valence-corrected chi connectivity index (χ3v) is 6.21. The lowest BCUT2D eigenvalue weighted by Crippen LogP contribution is -2.52. The maximum atomic E-state index is 12.9. The van der Waals surface area contributed by atoms with Gasteiger partial charge in [-0.15, -0.1) is 0 Å². The number of nitrogens with zero attached hydrogens (tertiary/aromatic N) is 1. The van der Waals surface area contributed by atoms with Crippen LogP contribution >= 0.6 is 0 Å². The van der Waals surface area contributed by atoms with Crippen LogP contribution in [-0.2, 0) is 22.7 Å². The molecule has 0 aliphatic carbocycles. The average molecular weight is 400 g/mol. The van der Waals surface area contributed by atoms with Crippen LogP contribution in [-0.4, -0.2) is 59.0 Å². The van der Waals surface area contributed by atoms with Crippen molar-refractivity contribution in [1.29, 1.82) is 0 Å². The lowest BCUT2D eigenvalue weighted by molar-refractivity contribution is -0.136. The minimum absolute atomic E-state index is 0.154. The molecule has 2 fully saturated rings. The third-order valence-electron chi connectivity index (χ3n) is 6.21. The second kappa shape index (κ2) is 8.22. The number of hydrogen-bond donors (Lipinski definition) is 4. The number of fused-ring (bicyclic) bond motifs is 1. The maximum Gasteiger partial charge on any atom is 0.255 e. The second-order valence-electron chi connectivity index (χ2n) is 8.27. The Hall–Kier alpha value is -2.29. The Kier molecular flexibility index (Phi) is 5.67. The lowest BCUT2D eigenvalue weighted by atomic mass is 9.91. The summed E-state index contributed by atoms with van der Waals surface area (Å²) in [4.78, 5) is 38.0. The second-order valence-corrected chi connectivity index (χ2v) is 8.27. The Morgan fingerprint density at radius 3 is 2.90 bits per heavy atom. The number of piperidine rings is 2. The zero-order valence-corrected chi connectivity index (χ0v) is 16.5. The fraction of sp³-hybridized carbons (Fsp3) is 0.571. The summed E-state index contributed by atoms with van der Waals surface area (Å²) in [7, 11) is 0. The molecule has 2 unspecified atom stereocenters. The first-order chi connectivity index (χ1) is 14.0. The van der Waals surface area contributed by atoms with Gasteiger partial charge in [-0.3, -0.25) is 19.7 Å². The molecule has 0 saturated carbocycles. The molecule has 2 atom stereocenters. The van der Waals surface area contributed by atoms with Crippen LogP contribution in [0.5, 0.6) is 0 Å². The highest BCUT2D eigenvalue weighted by Gasteiger charge is 2.39. The van der Waals surface area contributed by atoms with Crippen molar-refractivity contribution in [3.63, 3.8) is 0 Å². The van der Waals surface area contributed by atoms with Gasteiger partial charge in [0.15, 0.2) is 0 Å². The Morgan fingerprint density at radius 2 is 2.14 bits per heavy atom. The summed E-state index contributed by atoms with van der Waals surface area (Å²) in [5, 5.41) is 19.5. The van der Waals surface area contributed by atoms with Gasteiger partial charge in [0.1, 0.15) is 6.04 Å². The van der Waals surface area contributed by atoms with E-state index in [9.17, 15) is 19.5 Å². The molecule has 8 heteroatoms. The van der Waals surface area contributed by atoms with Gasteiger partial charge in [-0.1, -0.05) is 12.1 Å². The molecule has 4 N–H and O–H groups in total. The lowest BCUT2D eigenvalue weighted by Gasteiger charge is -2.32. The average Bonchev–Trinajstić information content (AvgIpc) is 3.03. The monoisotopic (exact) mass is 400 g/mol. The van der Waals surface area contributed by atoms with Crippen LogP contribution in [0.2, 0.25) is 0 Å². The molecule has 1 aromatic carbocycles. The fourth-order valence-electron chi connectivity index (χ4n) is 4.52. The van der Waals surface area contributed by atoms with Crippen molar-refractivity contribution >= 4 is 17.7 Å². The molecule has 3 amide bonds. The number of imide groups is 1. The van der Waals surface area contributed by atoms with Crippen molar-refractivity contribution < 1.29 is 19.5 Å². The molecule has 3 aliphatic heterocycles. The number of rotatable bonds is 6. The summed E-state index contributed by atoms with van der Waals surface area (Å²) in [5.41, 5.74) is 1.94. The van der Waals surface area contributed by atoms with Gasteiger partial charge in [0.2, 0.25) is 11.8 Å². The molecule has 156 valence electrons. The first-order valence-corrected chi connectivity index (χ1v) is 10.4. The van der Waals surface area contributed by atoms with Crippen LogP contribution < -0.4 is 16.0 Å². The molecule has 0 aromatic heterocycles. The largest absolute Gasteiger partial charge is 0.389 e. The van der Waals surface area contributed by atoms with E-state index >= 15 is 0 Å². The zero-order valence-electron chi connectivity index (χ0n) is 16.5. The molecule has 3 aliphatic rings. The standard InChI is InChI=1S/C21H28N4O4/c26-18-6-5-17(19(27)24-18)25-12-16-14(3-1-4-15(16)20(25)28)11-22-10-8-21(29)7-2-9-23-13-21/h1,3-4,17,22-23,29H,2,5-13H2,(H,24,26,27). The Morgan fingerprint density at radius 1 is 1.28 bits per heavy atom. The number of benzene rings is 1. The van der Waals surface area contributed by atoms with Crippen molar-refractivity contribution in [2.45, 2.75) is 56.8 Å². The van der Waals surface area contributed by atoms with Crippen LogP contribution in [0.1, 0.15) is 53.6 Å². The molecule has 1 aromatic rings. The molecule has 0 radical (unpaired) electrons. The molecule has 3 heterocycles. The van der Waals surface area contributed by atoms with Crippen LogP contribution in [0.25, 0.3) is 0 Å². The minimum atomic E-state index is -0.650. The number of aliphatic hydroxyl groups is 1. The van der Waals surface area contributed by atoms with E-state index in [0.717, 1.165) is 30.5 Å². The van der Waals surface area contributed by atoms with Crippen LogP contribution in [0.15, 0.2) is 18.2 Å². The number of amides is 3. The van der Waals surface area contributed by atoms with Crippen molar-refractivity contribution in [2.75, 3.05) is 19.6 Å². The highest BCUT2D eigenvalue weighted by atomic mass is 16.3. The highest BCUT2D eigenvalue weighted by molar-refractivity contribution is 6.05. The minimum Gasteiger partial charge on any atom is -0.389 e. The van der Waals surface area contributed by atoms with E-state index in [1.54, 1.807) is 11.0 Å². The Bertz CT molecular complexity index is 819. The summed E-state index contributed by atoms with van der Waals surface area (Å²) in [6.45, 7) is 3.26. The number of nitrogens with one attached hydrogen (secondary N) is 3. The summed E-state index contributed by atoms with van der Waals surface area (Å²) < 4.78 is 0. The van der Waals surface area contributed by atoms with E-state index in [1.807, 2.05) is 12.1 Å². The molecule has 0 bridgehead atoms. The predicted octanol–water partition coefficient (Wildman–Crippen LogP) is 0.0418. The molecule has 8 nitrogen and oxygen atoms in total. The molecule has 4 rings (SSSR count). The first-order valence-electron chi connectivity index (χ1n) is 10.4. The topological polar surface area (TPSA) is 111 Å². The van der Waals surface area contributed by atoms with Crippen molar-refractivity contribution in [2.24, 2.45) is 0 Å². The maximum absolute atomic E-state index is 12.9. The quantitative estimate of drug-likeness (QED) is 0.397. The van der Waals surface area contributed by atoms with Gasteiger partial charge in [-0.25, -0.2) is 0 Å². The fourth-order valence-corrected chi connectivity index (χ4v) is 4.52. The number of carbonyl (C=O) groups is 3. The van der Waals surface area contributed by atoms with Crippen LogP contribution in [0.4, 0.5) is 0 Å². The van der Waals surface area contributed by atoms with Crippen molar-refractivity contribution in [3.05, 3.63) is 34.9 Å². The van der Waals surface area contributed by atoms with Gasteiger partial charge in [-0.05, 0) is 56.0 Å². The summed E-state index contributed by atoms with van der Waals surface area (Å²) >= 11 is 0. The van der Waals surface area contributed by atoms with E-state index < -0.39 is 17.6 Å². The molecular weight excluding hydrogens is 372 g/mol. The van der Waals surface area contributed by atoms with Crippen LogP contribution in [0.3, 0.4) is 0 Å². The summed E-state index contributed by atoms with van der Waals surface area (Å²) in [5.74, 6) is -0.828. The third kappa shape index (κ3) is 4.19. The van der Waals surface area contributed by atoms with Crippen molar-refractivity contribution in [1.82, 2.24) is 20.9 Å². The van der Waals surface area contributed by atoms with E-state index in [1.165, 1.54) is 0 Å². The summed E-state index contributed by atoms with van der Waals surface area (Å²) in [6.07, 6.45) is 3.10. The molecule has 29 heavy (non-hydrogen) atoms. The predicted molar refractivity (Wildman–Crippen MR) is 106 cm³/mol. The van der Waals surface area contributed by atoms with E-state index in [2.05, 4.69) is 16.0 Å². The van der Waals surface area contributed by atoms with E-state index in [0.29, 0.717) is 44.6 Å². The van der Waals surface area contributed by atoms with Gasteiger partial charge in [0.25, 0.3) is 5.91 Å². The normalized spacial score (nSPS) is 27.1. The first kappa shape index (κ1) is 20.0. The van der Waals surface area contributed by atoms with Gasteiger partial charge in [0, 0.05) is 31.6 Å². The van der Waals surface area contributed by atoms with E-state index in [-0.39, 0.29) is 18.2 Å². The molecular formula is C21H28N4O4. The smallest absolute Gasteiger partial charge is 0.255 e. The molecule has 2 saturated heterocycles. The molecule has 0 spiro atoms. The summed E-state index contributed by atoms with van der Waals surface area (Å²) in [6, 6.07) is 5.05. The van der Waals surface area contributed by atoms with Gasteiger partial charge < -0.3 is 20.6 Å². The zero-order chi connectivity index (χ0) is 20.4. The highest BCUT2D eigenvalue weighted by Crippen LogP contribution is 2.30. The number of hydrogen-bond acceptors (Lipinski definition) is 6. The number of β-amino-alcohol motifs (C(OH)–C–C–N with tert-alkyl or cyclic N) is 1. The number of carbonyl (C=O) groups excluding carboxylic acids is 3. The van der Waals surface area contributed by atoms with Crippen molar-refractivity contribution in [3.8, 4) is 0 Å². The van der Waals surface area contributed by atoms with Gasteiger partial charge in [0.05, 0.1) is 5.60 Å². The van der Waals surface area contributed by atoms with E-state index in [4.69, 9.17) is 0 Å². The van der Waals surface area contributed by atoms with Gasteiger partial charge in [-0.2, -0.15) is 0 Å². The Balaban J connectivity index is 1.38. The SMILES string of the molecule is O=C1CCC(N2Cc3c(CNCCC4(O)CCCNC4)cccc3C2=O)C(=O)N1. The Labute approximate surface area is 170 Å². The van der Waals surface area contributed by atoms with Crippen LogP contribution in [0, 0.1) is 0 Å². The van der Waals surface area contributed by atoms with Gasteiger partial charge >= 0.3 is 0 Å².